The van der Waals surface area contributed by atoms with Crippen LogP contribution in [0.25, 0.3) is 0 Å². The van der Waals surface area contributed by atoms with Gasteiger partial charge >= 0.3 is 0 Å². The van der Waals surface area contributed by atoms with Crippen molar-refractivity contribution in [2.75, 3.05) is 19.3 Å². The molecule has 0 aromatic carbocycles. The van der Waals surface area contributed by atoms with Crippen molar-refractivity contribution in [1.82, 2.24) is 15.4 Å². The van der Waals surface area contributed by atoms with Crippen molar-refractivity contribution >= 4 is 40.0 Å². The van der Waals surface area contributed by atoms with Crippen LogP contribution in [0.1, 0.15) is 66.7 Å². The van der Waals surface area contributed by atoms with E-state index in [9.17, 15) is 8.42 Å². The van der Waals surface area contributed by atoms with Crippen LogP contribution in [-0.2, 0) is 10.0 Å². The molecule has 0 heterocycles. The predicted octanol–water partition coefficient (Wildman–Crippen LogP) is 2.85. The lowest BCUT2D eigenvalue weighted by Gasteiger charge is -2.24. The van der Waals surface area contributed by atoms with Crippen molar-refractivity contribution in [3.8, 4) is 0 Å². The second kappa shape index (κ2) is 13.2. The first-order valence-electron chi connectivity index (χ1n) is 8.63. The van der Waals surface area contributed by atoms with Crippen LogP contribution >= 0.6 is 24.0 Å². The third-order valence-electron chi connectivity index (χ3n) is 3.31. The lowest BCUT2D eigenvalue weighted by atomic mass is 10.1. The molecule has 0 aromatic rings. The summed E-state index contributed by atoms with van der Waals surface area (Å²) in [5, 5.41) is 6.60. The first kappa shape index (κ1) is 26.1. The van der Waals surface area contributed by atoms with E-state index in [1.807, 2.05) is 20.8 Å². The van der Waals surface area contributed by atoms with E-state index in [2.05, 4.69) is 34.2 Å². The number of hydrogen-bond acceptors (Lipinski definition) is 3. The van der Waals surface area contributed by atoms with Crippen molar-refractivity contribution in [2.24, 2.45) is 4.99 Å². The molecule has 0 bridgehead atoms. The van der Waals surface area contributed by atoms with Crippen LogP contribution in [0.2, 0.25) is 0 Å². The Hall–Kier alpha value is -0.0900. The molecule has 24 heavy (non-hydrogen) atoms. The van der Waals surface area contributed by atoms with Gasteiger partial charge in [0.2, 0.25) is 10.0 Å². The zero-order valence-electron chi connectivity index (χ0n) is 16.1. The fourth-order valence-electron chi connectivity index (χ4n) is 2.31. The number of guanidine groups is 1. The molecule has 0 spiro atoms. The highest BCUT2D eigenvalue weighted by Crippen LogP contribution is 2.06. The lowest BCUT2D eigenvalue weighted by molar-refractivity contribution is 0.463. The highest BCUT2D eigenvalue weighted by molar-refractivity contribution is 14.0. The second-order valence-electron chi connectivity index (χ2n) is 6.85. The topological polar surface area (TPSA) is 82.6 Å². The van der Waals surface area contributed by atoms with Gasteiger partial charge in [-0.3, -0.25) is 4.99 Å². The van der Waals surface area contributed by atoms with Crippen LogP contribution in [0.5, 0.6) is 0 Å². The van der Waals surface area contributed by atoms with Gasteiger partial charge in [0.15, 0.2) is 5.96 Å². The fraction of sp³-hybridized carbons (Fsp3) is 0.938. The molecule has 0 aromatic heterocycles. The summed E-state index contributed by atoms with van der Waals surface area (Å²) in [5.74, 6) is 0.735. The van der Waals surface area contributed by atoms with E-state index >= 15 is 0 Å². The Morgan fingerprint density at radius 3 is 2.29 bits per heavy atom. The number of aliphatic imine (C=N–C) groups is 1. The van der Waals surface area contributed by atoms with Crippen molar-refractivity contribution in [3.05, 3.63) is 0 Å². The molecule has 1 unspecified atom stereocenters. The molecule has 6 nitrogen and oxygen atoms in total. The van der Waals surface area contributed by atoms with E-state index in [0.29, 0.717) is 12.6 Å². The molecular formula is C16H37IN4O2S. The molecule has 8 heteroatoms. The van der Waals surface area contributed by atoms with Gasteiger partial charge in [0.05, 0.1) is 12.8 Å². The average molecular weight is 476 g/mol. The van der Waals surface area contributed by atoms with E-state index in [4.69, 9.17) is 0 Å². The molecule has 0 rings (SSSR count). The van der Waals surface area contributed by atoms with Crippen LogP contribution in [0.4, 0.5) is 0 Å². The predicted molar refractivity (Wildman–Crippen MR) is 115 cm³/mol. The standard InChI is InChI=1S/C16H36N4O2S.HI/c1-7-9-10-11-12-14(3)19-15(17-8-2)18-13-16(4,5)20-23(6,21)22;/h14,20H,7-13H2,1-6H3,(H2,17,18,19);1H. The number of halogens is 1. The van der Waals surface area contributed by atoms with Crippen LogP contribution in [0.15, 0.2) is 4.99 Å². The lowest BCUT2D eigenvalue weighted by Crippen LogP contribution is -2.47. The number of unbranched alkanes of at least 4 members (excludes halogenated alkanes) is 3. The fourth-order valence-corrected chi connectivity index (χ4v) is 3.38. The van der Waals surface area contributed by atoms with E-state index in [1.165, 1.54) is 31.9 Å². The largest absolute Gasteiger partial charge is 0.357 e. The van der Waals surface area contributed by atoms with Gasteiger partial charge in [0, 0.05) is 18.1 Å². The van der Waals surface area contributed by atoms with Gasteiger partial charge in [0.1, 0.15) is 0 Å². The molecule has 3 N–H and O–H groups in total. The van der Waals surface area contributed by atoms with Crippen LogP contribution in [0.3, 0.4) is 0 Å². The van der Waals surface area contributed by atoms with Gasteiger partial charge in [-0.2, -0.15) is 0 Å². The van der Waals surface area contributed by atoms with Gasteiger partial charge in [-0.1, -0.05) is 32.6 Å². The maximum atomic E-state index is 11.4. The van der Waals surface area contributed by atoms with Crippen molar-refractivity contribution in [2.45, 2.75) is 78.3 Å². The summed E-state index contributed by atoms with van der Waals surface area (Å²) in [5.41, 5.74) is -0.611. The zero-order chi connectivity index (χ0) is 17.9. The number of nitrogens with zero attached hydrogens (tertiary/aromatic N) is 1. The monoisotopic (exact) mass is 476 g/mol. The normalized spacial score (nSPS) is 14.0. The van der Waals surface area contributed by atoms with Gasteiger partial charge in [-0.25, -0.2) is 13.1 Å². The highest BCUT2D eigenvalue weighted by Gasteiger charge is 2.22. The Labute approximate surface area is 166 Å². The molecule has 0 saturated carbocycles. The van der Waals surface area contributed by atoms with E-state index in [0.717, 1.165) is 18.9 Å². The Morgan fingerprint density at radius 2 is 1.79 bits per heavy atom. The summed E-state index contributed by atoms with van der Waals surface area (Å²) in [6, 6.07) is 0.343. The van der Waals surface area contributed by atoms with Crippen LogP contribution in [0, 0.1) is 0 Å². The van der Waals surface area contributed by atoms with Gasteiger partial charge in [0.25, 0.3) is 0 Å². The molecule has 0 saturated heterocycles. The molecule has 0 aliphatic rings. The summed E-state index contributed by atoms with van der Waals surface area (Å²) in [6.45, 7) is 11.2. The Kier molecular flexibility index (Phi) is 14.3. The Bertz CT molecular complexity index is 453. The minimum Gasteiger partial charge on any atom is -0.357 e. The Balaban J connectivity index is 0. The van der Waals surface area contributed by atoms with E-state index in [-0.39, 0.29) is 24.0 Å². The molecule has 0 aliphatic heterocycles. The third kappa shape index (κ3) is 15.4. The average Bonchev–Trinajstić information content (AvgIpc) is 2.39. The first-order chi connectivity index (χ1) is 10.6. The van der Waals surface area contributed by atoms with E-state index < -0.39 is 15.6 Å². The van der Waals surface area contributed by atoms with Gasteiger partial charge < -0.3 is 10.6 Å². The minimum absolute atomic E-state index is 0. The number of nitrogens with one attached hydrogen (secondary N) is 3. The number of sulfonamides is 1. The third-order valence-corrected chi connectivity index (χ3v) is 4.24. The second-order valence-corrected chi connectivity index (χ2v) is 8.60. The molecule has 0 amide bonds. The van der Waals surface area contributed by atoms with Gasteiger partial charge in [-0.15, -0.1) is 24.0 Å². The molecular weight excluding hydrogens is 439 g/mol. The summed E-state index contributed by atoms with van der Waals surface area (Å²) in [6.07, 6.45) is 7.28. The zero-order valence-corrected chi connectivity index (χ0v) is 19.3. The smallest absolute Gasteiger partial charge is 0.209 e. The molecule has 0 aliphatic carbocycles. The first-order valence-corrected chi connectivity index (χ1v) is 10.5. The van der Waals surface area contributed by atoms with Crippen LogP contribution < -0.4 is 15.4 Å². The number of rotatable bonds is 11. The summed E-state index contributed by atoms with van der Waals surface area (Å²) >= 11 is 0. The van der Waals surface area contributed by atoms with Crippen molar-refractivity contribution in [3.63, 3.8) is 0 Å². The van der Waals surface area contributed by atoms with Crippen molar-refractivity contribution in [1.29, 1.82) is 0 Å². The highest BCUT2D eigenvalue weighted by atomic mass is 127. The summed E-state index contributed by atoms with van der Waals surface area (Å²) in [7, 11) is -3.24. The molecule has 0 fully saturated rings. The van der Waals surface area contributed by atoms with Crippen LogP contribution in [-0.4, -0.2) is 45.3 Å². The Morgan fingerprint density at radius 1 is 1.17 bits per heavy atom. The van der Waals surface area contributed by atoms with E-state index in [1.54, 1.807) is 0 Å². The quantitative estimate of drug-likeness (QED) is 0.185. The van der Waals surface area contributed by atoms with Gasteiger partial charge in [-0.05, 0) is 34.1 Å². The maximum Gasteiger partial charge on any atom is 0.209 e. The SMILES string of the molecule is CCCCCCC(C)NC(=NCC(C)(C)NS(C)(=O)=O)NCC.I. The molecule has 146 valence electrons. The maximum absolute atomic E-state index is 11.4. The molecule has 0 radical (unpaired) electrons. The summed E-state index contributed by atoms with van der Waals surface area (Å²) in [4.78, 5) is 4.52. The van der Waals surface area contributed by atoms with Crippen molar-refractivity contribution < 1.29 is 8.42 Å². The summed E-state index contributed by atoms with van der Waals surface area (Å²) < 4.78 is 25.4. The molecule has 1 atom stereocenters. The minimum atomic E-state index is -3.24. The number of hydrogen-bond donors (Lipinski definition) is 3.